The van der Waals surface area contributed by atoms with Gasteiger partial charge in [-0.3, -0.25) is 0 Å². The van der Waals surface area contributed by atoms with Gasteiger partial charge in [0.2, 0.25) is 0 Å². The Kier molecular flexibility index (Phi) is 4.20. The topological polar surface area (TPSA) is 35.2 Å². The van der Waals surface area contributed by atoms with Gasteiger partial charge in [-0.1, -0.05) is 12.1 Å². The van der Waals surface area contributed by atoms with E-state index >= 15 is 0 Å². The monoisotopic (exact) mass is 285 g/mol. The molecule has 2 aromatic carbocycles. The number of rotatable bonds is 4. The number of halogens is 1. The fraction of sp³-hybridized carbons (Fsp3) is 0.333. The minimum Gasteiger partial charge on any atom is -0.489 e. The molecule has 0 amide bonds. The van der Waals surface area contributed by atoms with Gasteiger partial charge in [-0.15, -0.1) is 0 Å². The molecule has 0 aromatic heterocycles. The lowest BCUT2D eigenvalue weighted by atomic mass is 9.92. The second-order valence-corrected chi connectivity index (χ2v) is 5.56. The number of benzene rings is 2. The second-order valence-electron chi connectivity index (χ2n) is 5.56. The number of aryl methyl sites for hydroxylation is 2. The molecular weight excluding hydrogens is 265 g/mol. The van der Waals surface area contributed by atoms with Crippen molar-refractivity contribution >= 4 is 0 Å². The Morgan fingerprint density at radius 2 is 1.81 bits per heavy atom. The molecule has 0 spiro atoms. The lowest BCUT2D eigenvalue weighted by Crippen LogP contribution is -2.04. The summed E-state index contributed by atoms with van der Waals surface area (Å²) in [6, 6.07) is 11.3. The van der Waals surface area contributed by atoms with E-state index in [1.165, 1.54) is 36.5 Å². The Labute approximate surface area is 124 Å². The van der Waals surface area contributed by atoms with Crippen LogP contribution in [0.2, 0.25) is 0 Å². The summed E-state index contributed by atoms with van der Waals surface area (Å²) in [7, 11) is 0. The average molecular weight is 285 g/mol. The van der Waals surface area contributed by atoms with Crippen LogP contribution in [0.15, 0.2) is 36.4 Å². The second kappa shape index (κ2) is 6.27. The number of fused-ring (bicyclic) bond motifs is 1. The molecule has 0 saturated heterocycles. The Hall–Kier alpha value is -1.87. The van der Waals surface area contributed by atoms with E-state index < -0.39 is 0 Å². The zero-order chi connectivity index (χ0) is 14.7. The highest BCUT2D eigenvalue weighted by molar-refractivity contribution is 5.37. The van der Waals surface area contributed by atoms with Crippen LogP contribution in [0.25, 0.3) is 0 Å². The predicted molar refractivity (Wildman–Crippen MR) is 81.7 cm³/mol. The summed E-state index contributed by atoms with van der Waals surface area (Å²) in [6.07, 6.45) is 4.85. The Morgan fingerprint density at radius 1 is 1.00 bits per heavy atom. The van der Waals surface area contributed by atoms with E-state index in [2.05, 4.69) is 12.1 Å². The number of hydrogen-bond acceptors (Lipinski definition) is 2. The van der Waals surface area contributed by atoms with Gasteiger partial charge in [0.25, 0.3) is 0 Å². The average Bonchev–Trinajstić information content (AvgIpc) is 2.54. The molecule has 110 valence electrons. The summed E-state index contributed by atoms with van der Waals surface area (Å²) < 4.78 is 19.2. The van der Waals surface area contributed by atoms with Gasteiger partial charge in [0.05, 0.1) is 0 Å². The van der Waals surface area contributed by atoms with E-state index in [0.717, 1.165) is 17.7 Å². The van der Waals surface area contributed by atoms with Gasteiger partial charge in [0.15, 0.2) is 0 Å². The largest absolute Gasteiger partial charge is 0.489 e. The molecule has 0 unspecified atom stereocenters. The van der Waals surface area contributed by atoms with Crippen LogP contribution in [0, 0.1) is 5.82 Å². The number of hydrogen-bond donors (Lipinski definition) is 1. The molecule has 2 aromatic rings. The van der Waals surface area contributed by atoms with E-state index in [4.69, 9.17) is 10.5 Å². The number of ether oxygens (including phenoxy) is 1. The molecule has 0 radical (unpaired) electrons. The van der Waals surface area contributed by atoms with Crippen LogP contribution in [0.1, 0.15) is 35.1 Å². The minimum atomic E-state index is -0.255. The van der Waals surface area contributed by atoms with Crippen LogP contribution >= 0.6 is 0 Å². The molecule has 0 fully saturated rings. The Bertz CT molecular complexity index is 639. The van der Waals surface area contributed by atoms with Crippen molar-refractivity contribution in [3.05, 3.63) is 64.5 Å². The predicted octanol–water partition coefficient (Wildman–Crippen LogP) is 3.74. The SMILES string of the molecule is NCc1cc(COc2ccc3c(c2)CCCC3)ccc1F. The molecule has 0 saturated carbocycles. The first-order valence-corrected chi connectivity index (χ1v) is 7.48. The van der Waals surface area contributed by atoms with E-state index in [9.17, 15) is 4.39 Å². The van der Waals surface area contributed by atoms with Gasteiger partial charge in [-0.2, -0.15) is 0 Å². The molecule has 3 rings (SSSR count). The third-order valence-corrected chi connectivity index (χ3v) is 4.06. The lowest BCUT2D eigenvalue weighted by molar-refractivity contribution is 0.305. The minimum absolute atomic E-state index is 0.207. The van der Waals surface area contributed by atoms with Crippen LogP contribution < -0.4 is 10.5 Å². The first-order chi connectivity index (χ1) is 10.3. The number of nitrogens with two attached hydrogens (primary N) is 1. The van der Waals surface area contributed by atoms with E-state index in [1.54, 1.807) is 12.1 Å². The van der Waals surface area contributed by atoms with Gasteiger partial charge >= 0.3 is 0 Å². The van der Waals surface area contributed by atoms with Crippen molar-refractivity contribution in [3.8, 4) is 5.75 Å². The maximum Gasteiger partial charge on any atom is 0.127 e. The summed E-state index contributed by atoms with van der Waals surface area (Å²) in [5.74, 6) is 0.629. The summed E-state index contributed by atoms with van der Waals surface area (Å²) in [4.78, 5) is 0. The van der Waals surface area contributed by atoms with Crippen molar-refractivity contribution in [2.75, 3.05) is 0 Å². The fourth-order valence-corrected chi connectivity index (χ4v) is 2.84. The van der Waals surface area contributed by atoms with Crippen LogP contribution in [0.4, 0.5) is 4.39 Å². The molecule has 0 bridgehead atoms. The third kappa shape index (κ3) is 3.24. The van der Waals surface area contributed by atoms with Crippen LogP contribution in [0.3, 0.4) is 0 Å². The maximum absolute atomic E-state index is 13.4. The normalized spacial score (nSPS) is 13.8. The molecule has 0 aliphatic heterocycles. The fourth-order valence-electron chi connectivity index (χ4n) is 2.84. The molecule has 0 heterocycles. The van der Waals surface area contributed by atoms with Crippen LogP contribution in [-0.2, 0) is 26.0 Å². The Balaban J connectivity index is 1.70. The van der Waals surface area contributed by atoms with Gasteiger partial charge in [0.1, 0.15) is 18.2 Å². The summed E-state index contributed by atoms with van der Waals surface area (Å²) >= 11 is 0. The smallest absolute Gasteiger partial charge is 0.127 e. The molecule has 1 aliphatic carbocycles. The Morgan fingerprint density at radius 3 is 2.62 bits per heavy atom. The van der Waals surface area contributed by atoms with Crippen molar-refractivity contribution < 1.29 is 9.13 Å². The van der Waals surface area contributed by atoms with Gasteiger partial charge < -0.3 is 10.5 Å². The van der Waals surface area contributed by atoms with Gasteiger partial charge in [-0.25, -0.2) is 4.39 Å². The molecule has 3 heteroatoms. The van der Waals surface area contributed by atoms with Gasteiger partial charge in [-0.05, 0) is 66.6 Å². The molecule has 2 nitrogen and oxygen atoms in total. The molecule has 2 N–H and O–H groups in total. The first-order valence-electron chi connectivity index (χ1n) is 7.48. The van der Waals surface area contributed by atoms with Gasteiger partial charge in [0, 0.05) is 12.1 Å². The summed E-state index contributed by atoms with van der Waals surface area (Å²) in [5, 5.41) is 0. The van der Waals surface area contributed by atoms with Crippen LogP contribution in [-0.4, -0.2) is 0 Å². The van der Waals surface area contributed by atoms with E-state index in [-0.39, 0.29) is 12.4 Å². The lowest BCUT2D eigenvalue weighted by Gasteiger charge is -2.17. The molecular formula is C18H20FNO. The van der Waals surface area contributed by atoms with Crippen molar-refractivity contribution in [3.63, 3.8) is 0 Å². The highest BCUT2D eigenvalue weighted by Crippen LogP contribution is 2.26. The highest BCUT2D eigenvalue weighted by atomic mass is 19.1. The van der Waals surface area contributed by atoms with E-state index in [0.29, 0.717) is 12.2 Å². The zero-order valence-electron chi connectivity index (χ0n) is 12.1. The maximum atomic E-state index is 13.4. The van der Waals surface area contributed by atoms with Crippen molar-refractivity contribution in [2.24, 2.45) is 5.73 Å². The zero-order valence-corrected chi connectivity index (χ0v) is 12.1. The standard InChI is InChI=1S/C18H20FNO/c19-18-8-5-13(9-16(18)11-20)12-21-17-7-6-14-3-1-2-4-15(14)10-17/h5-10H,1-4,11-12,20H2. The van der Waals surface area contributed by atoms with Crippen molar-refractivity contribution in [1.29, 1.82) is 0 Å². The molecule has 1 aliphatic rings. The summed E-state index contributed by atoms with van der Waals surface area (Å²) in [5.41, 5.74) is 9.84. The van der Waals surface area contributed by atoms with E-state index in [1.807, 2.05) is 6.07 Å². The van der Waals surface area contributed by atoms with Crippen molar-refractivity contribution in [1.82, 2.24) is 0 Å². The van der Waals surface area contributed by atoms with Crippen LogP contribution in [0.5, 0.6) is 5.75 Å². The molecule has 0 atom stereocenters. The quantitative estimate of drug-likeness (QED) is 0.928. The summed E-state index contributed by atoms with van der Waals surface area (Å²) in [6.45, 7) is 0.643. The first kappa shape index (κ1) is 14.1. The third-order valence-electron chi connectivity index (χ3n) is 4.06. The highest BCUT2D eigenvalue weighted by Gasteiger charge is 2.10. The van der Waals surface area contributed by atoms with Crippen molar-refractivity contribution in [2.45, 2.75) is 38.8 Å². The molecule has 21 heavy (non-hydrogen) atoms.